The summed E-state index contributed by atoms with van der Waals surface area (Å²) in [7, 11) is 1.37. The molecule has 7 heteroatoms. The van der Waals surface area contributed by atoms with E-state index in [1.54, 1.807) is 6.92 Å². The summed E-state index contributed by atoms with van der Waals surface area (Å²) in [4.78, 5) is 25.4. The average molecular weight is 332 g/mol. The molecular formula is C17H17FN2O4. The lowest BCUT2D eigenvalue weighted by atomic mass is 9.95. The van der Waals surface area contributed by atoms with Gasteiger partial charge in [-0.25, -0.2) is 14.4 Å². The van der Waals surface area contributed by atoms with E-state index >= 15 is 0 Å². The molecule has 24 heavy (non-hydrogen) atoms. The zero-order valence-corrected chi connectivity index (χ0v) is 13.5. The summed E-state index contributed by atoms with van der Waals surface area (Å²) in [5, 5.41) is 2.66. The summed E-state index contributed by atoms with van der Waals surface area (Å²) in [6, 6.07) is 2.76. The number of hydrogen-bond acceptors (Lipinski definition) is 4. The van der Waals surface area contributed by atoms with Crippen molar-refractivity contribution in [2.45, 2.75) is 12.8 Å². The smallest absolute Gasteiger partial charge is 0.258 e. The van der Waals surface area contributed by atoms with Crippen LogP contribution in [0.3, 0.4) is 0 Å². The van der Waals surface area contributed by atoms with Crippen LogP contribution in [0.5, 0.6) is 5.75 Å². The van der Waals surface area contributed by atoms with E-state index in [9.17, 15) is 14.0 Å². The number of fused-ring (bicyclic) bond motifs is 1. The van der Waals surface area contributed by atoms with Gasteiger partial charge in [0.15, 0.2) is 5.92 Å². The lowest BCUT2D eigenvalue weighted by Crippen LogP contribution is -2.41. The zero-order chi connectivity index (χ0) is 17.3. The molecule has 2 amide bonds. The van der Waals surface area contributed by atoms with Gasteiger partial charge in [-0.05, 0) is 19.1 Å². The lowest BCUT2D eigenvalue weighted by Gasteiger charge is -2.23. The molecule has 1 aromatic rings. The highest BCUT2D eigenvalue weighted by Gasteiger charge is 2.48. The van der Waals surface area contributed by atoms with Gasteiger partial charge in [0, 0.05) is 5.56 Å². The largest absolute Gasteiger partial charge is 0.496 e. The van der Waals surface area contributed by atoms with Gasteiger partial charge in [-0.3, -0.25) is 9.59 Å². The Morgan fingerprint density at radius 3 is 2.38 bits per heavy atom. The second-order valence-corrected chi connectivity index (χ2v) is 5.42. The fourth-order valence-corrected chi connectivity index (χ4v) is 3.01. The average Bonchev–Trinajstić information content (AvgIpc) is 2.75. The molecule has 0 atom stereocenters. The Bertz CT molecular complexity index is 729. The highest BCUT2D eigenvalue weighted by Crippen LogP contribution is 2.37. The van der Waals surface area contributed by atoms with Crippen LogP contribution in [0.1, 0.15) is 24.0 Å². The van der Waals surface area contributed by atoms with E-state index in [0.717, 1.165) is 0 Å². The Morgan fingerprint density at radius 2 is 1.83 bits per heavy atom. The van der Waals surface area contributed by atoms with Crippen LogP contribution in [-0.2, 0) is 14.3 Å². The lowest BCUT2D eigenvalue weighted by molar-refractivity contribution is -0.145. The van der Waals surface area contributed by atoms with Gasteiger partial charge in [-0.1, -0.05) is 5.92 Å². The number of benzene rings is 1. The van der Waals surface area contributed by atoms with Crippen LogP contribution in [0, 0.1) is 17.7 Å². The van der Waals surface area contributed by atoms with Crippen LogP contribution in [0.15, 0.2) is 12.1 Å². The summed E-state index contributed by atoms with van der Waals surface area (Å²) in [5.74, 6) is 2.74. The minimum Gasteiger partial charge on any atom is -0.496 e. The molecule has 1 aromatic carbocycles. The number of amides is 2. The first kappa shape index (κ1) is 16.3. The van der Waals surface area contributed by atoms with Crippen molar-refractivity contribution in [2.24, 2.45) is 0 Å². The van der Waals surface area contributed by atoms with E-state index in [2.05, 4.69) is 11.8 Å². The van der Waals surface area contributed by atoms with E-state index in [1.807, 2.05) is 0 Å². The highest BCUT2D eigenvalue weighted by molar-refractivity contribution is 6.10. The standard InChI is InChI=1S/C17H17FN2O4/c1-3-4-11-9-12(18)14(13(10-11)23-2)15-16(21)19-5-7-24-8-6-20(19)17(15)22/h9-10,15H,5-8H2,1-2H3. The first-order chi connectivity index (χ1) is 11.6. The monoisotopic (exact) mass is 332 g/mol. The molecule has 0 saturated carbocycles. The van der Waals surface area contributed by atoms with Gasteiger partial charge in [-0.15, -0.1) is 5.92 Å². The van der Waals surface area contributed by atoms with E-state index in [-0.39, 0.29) is 24.4 Å². The van der Waals surface area contributed by atoms with E-state index in [1.165, 1.54) is 29.3 Å². The Morgan fingerprint density at radius 1 is 1.21 bits per heavy atom. The summed E-state index contributed by atoms with van der Waals surface area (Å²) in [6.45, 7) is 2.85. The molecule has 0 spiro atoms. The van der Waals surface area contributed by atoms with Gasteiger partial charge in [0.05, 0.1) is 39.0 Å². The van der Waals surface area contributed by atoms with E-state index < -0.39 is 23.5 Å². The molecule has 0 N–H and O–H groups in total. The van der Waals surface area contributed by atoms with Crippen LogP contribution < -0.4 is 4.74 Å². The van der Waals surface area contributed by atoms with Gasteiger partial charge >= 0.3 is 0 Å². The Kier molecular flexibility index (Phi) is 4.40. The first-order valence-corrected chi connectivity index (χ1v) is 7.59. The van der Waals surface area contributed by atoms with Crippen LogP contribution in [0.4, 0.5) is 4.39 Å². The molecule has 0 radical (unpaired) electrons. The third-order valence-electron chi connectivity index (χ3n) is 4.06. The maximum absolute atomic E-state index is 14.7. The van der Waals surface area contributed by atoms with Crippen molar-refractivity contribution in [2.75, 3.05) is 33.4 Å². The number of halogens is 1. The van der Waals surface area contributed by atoms with Gasteiger partial charge in [0.1, 0.15) is 11.6 Å². The second kappa shape index (κ2) is 6.49. The Labute approximate surface area is 139 Å². The van der Waals surface area contributed by atoms with Crippen molar-refractivity contribution in [3.8, 4) is 17.6 Å². The number of hydrogen-bond donors (Lipinski definition) is 0. The van der Waals surface area contributed by atoms with E-state index in [0.29, 0.717) is 18.8 Å². The zero-order valence-electron chi connectivity index (χ0n) is 13.5. The van der Waals surface area contributed by atoms with Crippen molar-refractivity contribution >= 4 is 11.8 Å². The number of carbonyl (C=O) groups excluding carboxylic acids is 2. The molecule has 2 fully saturated rings. The van der Waals surface area contributed by atoms with Crippen molar-refractivity contribution in [3.05, 3.63) is 29.1 Å². The van der Waals surface area contributed by atoms with Gasteiger partial charge < -0.3 is 9.47 Å². The third-order valence-corrected chi connectivity index (χ3v) is 4.06. The number of methoxy groups -OCH3 is 1. The number of ether oxygens (including phenoxy) is 2. The van der Waals surface area contributed by atoms with E-state index in [4.69, 9.17) is 9.47 Å². The minimum absolute atomic E-state index is 0.0388. The summed E-state index contributed by atoms with van der Waals surface area (Å²) in [5.41, 5.74) is 0.389. The molecule has 126 valence electrons. The van der Waals surface area contributed by atoms with Crippen LogP contribution in [0.25, 0.3) is 0 Å². The highest BCUT2D eigenvalue weighted by atomic mass is 19.1. The normalized spacial score (nSPS) is 18.1. The number of hydrazine groups is 1. The number of carbonyl (C=O) groups is 2. The fraction of sp³-hybridized carbons (Fsp3) is 0.412. The summed E-state index contributed by atoms with van der Waals surface area (Å²) < 4.78 is 25.2. The molecule has 3 rings (SSSR count). The van der Waals surface area contributed by atoms with Crippen molar-refractivity contribution in [3.63, 3.8) is 0 Å². The third kappa shape index (κ3) is 2.59. The first-order valence-electron chi connectivity index (χ1n) is 7.59. The molecule has 2 saturated heterocycles. The van der Waals surface area contributed by atoms with Gasteiger partial charge in [0.25, 0.3) is 11.8 Å². The predicted molar refractivity (Wildman–Crippen MR) is 82.5 cm³/mol. The predicted octanol–water partition coefficient (Wildman–Crippen LogP) is 0.905. The van der Waals surface area contributed by atoms with Crippen molar-refractivity contribution in [1.82, 2.24) is 10.0 Å². The SMILES string of the molecule is CC#Cc1cc(F)c(C2C(=O)N3CCOCCN3C2=O)c(OC)c1. The summed E-state index contributed by atoms with van der Waals surface area (Å²) in [6.07, 6.45) is 0. The van der Waals surface area contributed by atoms with Crippen LogP contribution in [0.2, 0.25) is 0 Å². The maximum Gasteiger partial charge on any atom is 0.258 e. The molecule has 0 unspecified atom stereocenters. The molecule has 6 nitrogen and oxygen atoms in total. The van der Waals surface area contributed by atoms with Crippen LogP contribution in [-0.4, -0.2) is 55.2 Å². The number of nitrogens with zero attached hydrogens (tertiary/aromatic N) is 2. The summed E-state index contributed by atoms with van der Waals surface area (Å²) >= 11 is 0. The quantitative estimate of drug-likeness (QED) is 0.597. The molecule has 2 heterocycles. The molecular weight excluding hydrogens is 315 g/mol. The van der Waals surface area contributed by atoms with Crippen molar-refractivity contribution in [1.29, 1.82) is 0 Å². The Hall–Kier alpha value is -2.59. The molecule has 0 aromatic heterocycles. The van der Waals surface area contributed by atoms with Crippen molar-refractivity contribution < 1.29 is 23.5 Å². The maximum atomic E-state index is 14.7. The second-order valence-electron chi connectivity index (χ2n) is 5.42. The Balaban J connectivity index is 2.06. The van der Waals surface area contributed by atoms with Gasteiger partial charge in [-0.2, -0.15) is 0 Å². The molecule has 0 aliphatic carbocycles. The molecule has 2 aliphatic rings. The number of rotatable bonds is 2. The fourth-order valence-electron chi connectivity index (χ4n) is 3.01. The van der Waals surface area contributed by atoms with Crippen LogP contribution >= 0.6 is 0 Å². The molecule has 2 aliphatic heterocycles. The topological polar surface area (TPSA) is 59.1 Å². The van der Waals surface area contributed by atoms with Gasteiger partial charge in [0.2, 0.25) is 0 Å². The minimum atomic E-state index is -1.23. The molecule has 0 bridgehead atoms.